The molecule has 5 heteroatoms. The number of rotatable bonds is 3. The summed E-state index contributed by atoms with van der Waals surface area (Å²) in [5.41, 5.74) is 0.982. The molecular formula is C18H25BrF3N. The van der Waals surface area contributed by atoms with E-state index in [1.54, 1.807) is 12.1 Å². The summed E-state index contributed by atoms with van der Waals surface area (Å²) in [5.74, 6) is 0.766. The van der Waals surface area contributed by atoms with Gasteiger partial charge in [0, 0.05) is 12.6 Å². The highest BCUT2D eigenvalue weighted by Gasteiger charge is 2.60. The van der Waals surface area contributed by atoms with Gasteiger partial charge in [-0.15, -0.1) is 17.0 Å². The minimum absolute atomic E-state index is 0. The molecule has 0 aromatic heterocycles. The van der Waals surface area contributed by atoms with E-state index in [0.717, 1.165) is 11.5 Å². The van der Waals surface area contributed by atoms with Crippen molar-refractivity contribution in [1.82, 2.24) is 5.32 Å². The summed E-state index contributed by atoms with van der Waals surface area (Å²) < 4.78 is 37.7. The third-order valence-electron chi connectivity index (χ3n) is 6.63. The number of benzene rings is 1. The third-order valence-corrected chi connectivity index (χ3v) is 6.63. The maximum atomic E-state index is 12.6. The van der Waals surface area contributed by atoms with Gasteiger partial charge in [0.1, 0.15) is 0 Å². The van der Waals surface area contributed by atoms with E-state index in [2.05, 4.69) is 26.1 Å². The number of hydrogen-bond donors (Lipinski definition) is 1. The normalized spacial score (nSPS) is 31.9. The first-order valence-electron chi connectivity index (χ1n) is 8.04. The highest BCUT2D eigenvalue weighted by molar-refractivity contribution is 8.93. The monoisotopic (exact) mass is 391 g/mol. The molecule has 2 aliphatic rings. The minimum Gasteiger partial charge on any atom is -0.309 e. The van der Waals surface area contributed by atoms with Crippen LogP contribution in [-0.2, 0) is 12.7 Å². The lowest BCUT2D eigenvalue weighted by atomic mass is 9.69. The van der Waals surface area contributed by atoms with E-state index in [-0.39, 0.29) is 17.0 Å². The molecular weight excluding hydrogens is 367 g/mol. The molecule has 1 nitrogen and oxygen atoms in total. The van der Waals surface area contributed by atoms with Gasteiger partial charge in [-0.1, -0.05) is 32.9 Å². The molecule has 0 spiro atoms. The fourth-order valence-electron chi connectivity index (χ4n) is 4.57. The van der Waals surface area contributed by atoms with Gasteiger partial charge < -0.3 is 5.32 Å². The van der Waals surface area contributed by atoms with Gasteiger partial charge in [0.15, 0.2) is 0 Å². The van der Waals surface area contributed by atoms with Crippen LogP contribution < -0.4 is 5.32 Å². The molecule has 3 atom stereocenters. The molecule has 0 radical (unpaired) electrons. The Morgan fingerprint density at radius 1 is 1.13 bits per heavy atom. The number of fused-ring (bicyclic) bond motifs is 2. The second kappa shape index (κ2) is 6.07. The van der Waals surface area contributed by atoms with Gasteiger partial charge in [0.05, 0.1) is 5.56 Å². The lowest BCUT2D eigenvalue weighted by Crippen LogP contribution is -2.44. The molecule has 3 rings (SSSR count). The smallest absolute Gasteiger partial charge is 0.309 e. The van der Waals surface area contributed by atoms with Crippen molar-refractivity contribution in [3.05, 3.63) is 35.4 Å². The van der Waals surface area contributed by atoms with Gasteiger partial charge >= 0.3 is 6.18 Å². The van der Waals surface area contributed by atoms with Gasteiger partial charge in [0.2, 0.25) is 0 Å². The molecule has 1 aromatic rings. The van der Waals surface area contributed by atoms with E-state index in [9.17, 15) is 13.2 Å². The standard InChI is InChI=1S/C18H24F3N.BrH/c1-16(2)14-8-9-17(16,3)15(10-14)22-11-12-4-6-13(7-5-12)18(19,20)21;/h4-7,14-15,22H,8-11H2,1-3H3;1H/t14-,15+,17+;/m0./s1. The second-order valence-corrected chi connectivity index (χ2v) is 7.74. The van der Waals surface area contributed by atoms with Crippen molar-refractivity contribution < 1.29 is 13.2 Å². The van der Waals surface area contributed by atoms with Crippen LogP contribution in [0.3, 0.4) is 0 Å². The number of hydrogen-bond acceptors (Lipinski definition) is 1. The Bertz CT molecular complexity index is 552. The summed E-state index contributed by atoms with van der Waals surface area (Å²) in [6, 6.07) is 5.96. The molecule has 2 fully saturated rings. The minimum atomic E-state index is -4.26. The average molecular weight is 392 g/mol. The van der Waals surface area contributed by atoms with Crippen molar-refractivity contribution in [3.63, 3.8) is 0 Å². The Kier molecular flexibility index (Phi) is 4.96. The molecule has 0 heterocycles. The molecule has 1 N–H and O–H groups in total. The van der Waals surface area contributed by atoms with Crippen LogP contribution in [0.25, 0.3) is 0 Å². The number of nitrogens with one attached hydrogen (secondary N) is 1. The van der Waals surface area contributed by atoms with Crippen molar-refractivity contribution in [1.29, 1.82) is 0 Å². The first kappa shape index (κ1) is 18.8. The van der Waals surface area contributed by atoms with Gasteiger partial charge in [-0.3, -0.25) is 0 Å². The van der Waals surface area contributed by atoms with Crippen LogP contribution >= 0.6 is 17.0 Å². The van der Waals surface area contributed by atoms with Crippen molar-refractivity contribution in [3.8, 4) is 0 Å². The molecule has 1 aromatic carbocycles. The Morgan fingerprint density at radius 3 is 2.17 bits per heavy atom. The van der Waals surface area contributed by atoms with Crippen molar-refractivity contribution in [2.45, 2.75) is 58.8 Å². The van der Waals surface area contributed by atoms with E-state index in [1.807, 2.05) is 0 Å². The Morgan fingerprint density at radius 2 is 1.74 bits per heavy atom. The lowest BCUT2D eigenvalue weighted by molar-refractivity contribution is -0.137. The van der Waals surface area contributed by atoms with E-state index in [4.69, 9.17) is 0 Å². The van der Waals surface area contributed by atoms with E-state index >= 15 is 0 Å². The van der Waals surface area contributed by atoms with E-state index in [1.165, 1.54) is 31.4 Å². The molecule has 0 amide bonds. The Balaban J connectivity index is 0.00000192. The molecule has 0 saturated heterocycles. The largest absolute Gasteiger partial charge is 0.416 e. The zero-order chi connectivity index (χ0) is 16.2. The Hall–Kier alpha value is -0.550. The summed E-state index contributed by atoms with van der Waals surface area (Å²) in [6.07, 6.45) is -0.518. The third kappa shape index (κ3) is 3.07. The van der Waals surface area contributed by atoms with Gasteiger partial charge in [0.25, 0.3) is 0 Å². The molecule has 2 saturated carbocycles. The Labute approximate surface area is 146 Å². The fourth-order valence-corrected chi connectivity index (χ4v) is 4.57. The first-order valence-corrected chi connectivity index (χ1v) is 8.04. The van der Waals surface area contributed by atoms with Crippen molar-refractivity contribution in [2.75, 3.05) is 0 Å². The summed E-state index contributed by atoms with van der Waals surface area (Å²) in [7, 11) is 0. The van der Waals surface area contributed by atoms with Crippen LogP contribution in [0, 0.1) is 16.7 Å². The summed E-state index contributed by atoms with van der Waals surface area (Å²) >= 11 is 0. The van der Waals surface area contributed by atoms with Crippen molar-refractivity contribution in [2.24, 2.45) is 16.7 Å². The van der Waals surface area contributed by atoms with Crippen LogP contribution in [0.1, 0.15) is 51.2 Å². The molecule has 23 heavy (non-hydrogen) atoms. The summed E-state index contributed by atoms with van der Waals surface area (Å²) in [5, 5.41) is 3.60. The predicted molar refractivity (Wildman–Crippen MR) is 91.6 cm³/mol. The second-order valence-electron chi connectivity index (χ2n) is 7.74. The van der Waals surface area contributed by atoms with Gasteiger partial charge in [-0.2, -0.15) is 13.2 Å². The zero-order valence-electron chi connectivity index (χ0n) is 13.8. The lowest BCUT2D eigenvalue weighted by Gasteiger charge is -2.39. The average Bonchev–Trinajstić information content (AvgIpc) is 2.77. The maximum Gasteiger partial charge on any atom is 0.416 e. The highest BCUT2D eigenvalue weighted by atomic mass is 79.9. The molecule has 2 aliphatic carbocycles. The van der Waals surface area contributed by atoms with Crippen molar-refractivity contribution >= 4 is 17.0 Å². The number of alkyl halides is 3. The first-order chi connectivity index (χ1) is 10.1. The quantitative estimate of drug-likeness (QED) is 0.707. The summed E-state index contributed by atoms with van der Waals surface area (Å²) in [4.78, 5) is 0. The molecule has 2 bridgehead atoms. The molecule has 0 aliphatic heterocycles. The van der Waals surface area contributed by atoms with Gasteiger partial charge in [-0.05, 0) is 53.7 Å². The predicted octanol–water partition coefficient (Wildman–Crippen LogP) is 5.59. The summed E-state index contributed by atoms with van der Waals surface area (Å²) in [6.45, 7) is 7.74. The zero-order valence-corrected chi connectivity index (χ0v) is 15.5. The molecule has 0 unspecified atom stereocenters. The maximum absolute atomic E-state index is 12.6. The van der Waals surface area contributed by atoms with Crippen LogP contribution in [0.15, 0.2) is 24.3 Å². The SMILES string of the molecule is Br.CC1(C)[C@H]2CC[C@]1(C)[C@H](NCc1ccc(C(F)(F)F)cc1)C2. The molecule has 130 valence electrons. The number of halogens is 4. The van der Waals surface area contributed by atoms with Crippen LogP contribution in [0.2, 0.25) is 0 Å². The topological polar surface area (TPSA) is 12.0 Å². The van der Waals surface area contributed by atoms with Crippen LogP contribution in [-0.4, -0.2) is 6.04 Å². The van der Waals surface area contributed by atoms with E-state index < -0.39 is 11.7 Å². The van der Waals surface area contributed by atoms with Gasteiger partial charge in [-0.25, -0.2) is 0 Å². The van der Waals surface area contributed by atoms with Crippen LogP contribution in [0.4, 0.5) is 13.2 Å². The highest BCUT2D eigenvalue weighted by Crippen LogP contribution is 2.65. The van der Waals surface area contributed by atoms with Crippen LogP contribution in [0.5, 0.6) is 0 Å². The fraction of sp³-hybridized carbons (Fsp3) is 0.667. The van der Waals surface area contributed by atoms with E-state index in [0.29, 0.717) is 23.4 Å².